The number of nitrogens with zero attached hydrogens (tertiary/aromatic N) is 3. The fourth-order valence-corrected chi connectivity index (χ4v) is 1.96. The second kappa shape index (κ2) is 5.14. The smallest absolute Gasteiger partial charge is 0.227 e. The average molecular weight is 236 g/mol. The Morgan fingerprint density at radius 3 is 2.76 bits per heavy atom. The van der Waals surface area contributed by atoms with Crippen LogP contribution in [-0.2, 0) is 11.2 Å². The molecule has 1 amide bonds. The summed E-state index contributed by atoms with van der Waals surface area (Å²) in [5.74, 6) is 0.129. The molecule has 0 aliphatic carbocycles. The molecular weight excluding hydrogens is 218 g/mol. The van der Waals surface area contributed by atoms with Gasteiger partial charge in [0, 0.05) is 42.5 Å². The first-order valence-corrected chi connectivity index (χ1v) is 5.81. The lowest BCUT2D eigenvalue weighted by molar-refractivity contribution is -0.905. The Balaban J connectivity index is 1.93. The number of rotatable bonds is 2. The molecule has 0 unspecified atom stereocenters. The van der Waals surface area contributed by atoms with Crippen LogP contribution in [0.25, 0.3) is 0 Å². The van der Waals surface area contributed by atoms with E-state index in [2.05, 4.69) is 11.9 Å². The van der Waals surface area contributed by atoms with Crippen molar-refractivity contribution in [1.29, 1.82) is 0 Å². The van der Waals surface area contributed by atoms with Crippen LogP contribution < -0.4 is 4.73 Å². The number of likely N-dealkylation sites (N-methyl/N-ethyl adjacent to an activating group) is 1. The van der Waals surface area contributed by atoms with Gasteiger partial charge in [0.05, 0.1) is 6.42 Å². The van der Waals surface area contributed by atoms with Crippen molar-refractivity contribution in [3.8, 4) is 0 Å². The summed E-state index contributed by atoms with van der Waals surface area (Å²) >= 11 is 0. The normalized spacial score (nSPS) is 17.1. The van der Waals surface area contributed by atoms with Gasteiger partial charge in [-0.3, -0.25) is 10.0 Å². The van der Waals surface area contributed by atoms with Gasteiger partial charge in [-0.2, -0.15) is 0 Å². The molecule has 5 heteroatoms. The Morgan fingerprint density at radius 2 is 2.12 bits per heavy atom. The van der Waals surface area contributed by atoms with Crippen LogP contribution in [0.2, 0.25) is 0 Å². The van der Waals surface area contributed by atoms with E-state index in [1.807, 2.05) is 11.0 Å². The summed E-state index contributed by atoms with van der Waals surface area (Å²) in [6.07, 6.45) is 3.45. The minimum absolute atomic E-state index is 0.129. The maximum absolute atomic E-state index is 12.0. The minimum Gasteiger partial charge on any atom is -0.340 e. The number of carbonyl (C=O) groups excluding carboxylic acids is 1. The lowest BCUT2D eigenvalue weighted by Gasteiger charge is -2.32. The molecule has 92 valence electrons. The van der Waals surface area contributed by atoms with Gasteiger partial charge in [-0.15, -0.1) is 0 Å². The summed E-state index contributed by atoms with van der Waals surface area (Å²) < 4.78 is 0.979. The number of hydrogen-bond donors (Lipinski definition) is 1. The zero-order valence-corrected chi connectivity index (χ0v) is 10.0. The van der Waals surface area contributed by atoms with Gasteiger partial charge in [-0.25, -0.2) is 0 Å². The second-order valence-electron chi connectivity index (χ2n) is 4.45. The van der Waals surface area contributed by atoms with Crippen LogP contribution >= 0.6 is 0 Å². The van der Waals surface area contributed by atoms with Crippen molar-refractivity contribution in [2.45, 2.75) is 6.42 Å². The molecule has 0 aromatic carbocycles. The summed E-state index contributed by atoms with van der Waals surface area (Å²) in [6.45, 7) is 3.45. The number of carbonyl (C=O) groups is 1. The Morgan fingerprint density at radius 1 is 1.41 bits per heavy atom. The first-order chi connectivity index (χ1) is 8.15. The predicted octanol–water partition coefficient (Wildman–Crippen LogP) is -0.472. The minimum atomic E-state index is 0.129. The van der Waals surface area contributed by atoms with Crippen LogP contribution in [0.1, 0.15) is 5.56 Å². The third kappa shape index (κ3) is 3.17. The number of amides is 1. The highest BCUT2D eigenvalue weighted by molar-refractivity contribution is 5.78. The van der Waals surface area contributed by atoms with Crippen molar-refractivity contribution in [2.24, 2.45) is 0 Å². The number of aromatic nitrogens is 1. The summed E-state index contributed by atoms with van der Waals surface area (Å²) in [7, 11) is 2.06. The molecule has 17 heavy (non-hydrogen) atoms. The highest BCUT2D eigenvalue weighted by Gasteiger charge is 2.19. The molecule has 0 radical (unpaired) electrons. The Labute approximate surface area is 101 Å². The van der Waals surface area contributed by atoms with E-state index in [0.717, 1.165) is 36.5 Å². The molecular formula is C12H18N3O2+. The molecule has 0 atom stereocenters. The van der Waals surface area contributed by atoms with Gasteiger partial charge >= 0.3 is 0 Å². The number of hydrogen-bond acceptors (Lipinski definition) is 3. The van der Waals surface area contributed by atoms with Crippen molar-refractivity contribution >= 4 is 5.91 Å². The van der Waals surface area contributed by atoms with Crippen molar-refractivity contribution in [2.75, 3.05) is 33.2 Å². The standard InChI is InChI=1S/C12H18N3O2/c1-13-5-7-14(8-6-13)12(16)9-11-3-2-4-15(17)10-11/h2-4,10,17H,5-9H2,1H3/q+1. The fraction of sp³-hybridized carbons (Fsp3) is 0.500. The summed E-state index contributed by atoms with van der Waals surface area (Å²) in [4.78, 5) is 16.1. The topological polar surface area (TPSA) is 47.7 Å². The molecule has 1 fully saturated rings. The third-order valence-corrected chi connectivity index (χ3v) is 3.06. The maximum atomic E-state index is 12.0. The largest absolute Gasteiger partial charge is 0.340 e. The molecule has 2 heterocycles. The van der Waals surface area contributed by atoms with E-state index < -0.39 is 0 Å². The van der Waals surface area contributed by atoms with Crippen molar-refractivity contribution in [1.82, 2.24) is 9.80 Å². The highest BCUT2D eigenvalue weighted by Crippen LogP contribution is 2.04. The summed E-state index contributed by atoms with van der Waals surface area (Å²) in [6, 6.07) is 3.58. The molecule has 1 N–H and O–H groups in total. The molecule has 1 saturated heterocycles. The van der Waals surface area contributed by atoms with Crippen LogP contribution in [0.15, 0.2) is 24.5 Å². The van der Waals surface area contributed by atoms with Gasteiger partial charge in [-0.1, -0.05) is 0 Å². The van der Waals surface area contributed by atoms with Gasteiger partial charge in [-0.05, 0) is 13.1 Å². The molecule has 0 saturated carbocycles. The fourth-order valence-electron chi connectivity index (χ4n) is 1.96. The van der Waals surface area contributed by atoms with Crippen LogP contribution in [-0.4, -0.2) is 54.1 Å². The molecule has 1 aliphatic rings. The van der Waals surface area contributed by atoms with Gasteiger partial charge in [0.15, 0.2) is 0 Å². The van der Waals surface area contributed by atoms with Crippen LogP contribution in [0.5, 0.6) is 0 Å². The number of piperazine rings is 1. The van der Waals surface area contributed by atoms with Crippen molar-refractivity contribution in [3.63, 3.8) is 0 Å². The van der Waals surface area contributed by atoms with E-state index in [9.17, 15) is 10.0 Å². The molecule has 5 nitrogen and oxygen atoms in total. The van der Waals surface area contributed by atoms with Crippen molar-refractivity contribution < 1.29 is 14.7 Å². The molecule has 1 aromatic heterocycles. The molecule has 1 aliphatic heterocycles. The van der Waals surface area contributed by atoms with E-state index in [0.29, 0.717) is 6.42 Å². The van der Waals surface area contributed by atoms with E-state index in [1.54, 1.807) is 12.3 Å². The SMILES string of the molecule is CN1CCN(C(=O)Cc2ccc[n+](O)c2)CC1. The van der Waals surface area contributed by atoms with Gasteiger partial charge < -0.3 is 9.80 Å². The molecule has 0 bridgehead atoms. The predicted molar refractivity (Wildman–Crippen MR) is 61.6 cm³/mol. The summed E-state index contributed by atoms with van der Waals surface area (Å²) in [5, 5.41) is 9.26. The Bertz CT molecular complexity index is 400. The van der Waals surface area contributed by atoms with Crippen LogP contribution in [0.3, 0.4) is 0 Å². The van der Waals surface area contributed by atoms with Gasteiger partial charge in [0.1, 0.15) is 0 Å². The highest BCUT2D eigenvalue weighted by atomic mass is 16.5. The molecule has 1 aromatic rings. The third-order valence-electron chi connectivity index (χ3n) is 3.06. The van der Waals surface area contributed by atoms with E-state index >= 15 is 0 Å². The lowest BCUT2D eigenvalue weighted by Crippen LogP contribution is -2.47. The zero-order valence-electron chi connectivity index (χ0n) is 10.0. The first-order valence-electron chi connectivity index (χ1n) is 5.81. The maximum Gasteiger partial charge on any atom is 0.227 e. The zero-order chi connectivity index (χ0) is 12.3. The first kappa shape index (κ1) is 11.9. The lowest BCUT2D eigenvalue weighted by atomic mass is 10.2. The average Bonchev–Trinajstić information content (AvgIpc) is 2.29. The molecule has 2 rings (SSSR count). The van der Waals surface area contributed by atoms with Crippen LogP contribution in [0.4, 0.5) is 0 Å². The van der Waals surface area contributed by atoms with Gasteiger partial charge in [0.2, 0.25) is 18.3 Å². The Kier molecular flexibility index (Phi) is 3.58. The van der Waals surface area contributed by atoms with E-state index in [-0.39, 0.29) is 5.91 Å². The number of pyridine rings is 1. The second-order valence-corrected chi connectivity index (χ2v) is 4.45. The monoisotopic (exact) mass is 236 g/mol. The van der Waals surface area contributed by atoms with Crippen LogP contribution in [0, 0.1) is 0 Å². The van der Waals surface area contributed by atoms with E-state index in [1.165, 1.54) is 6.20 Å². The quantitative estimate of drug-likeness (QED) is 0.558. The Hall–Kier alpha value is -1.62. The van der Waals surface area contributed by atoms with E-state index in [4.69, 9.17) is 0 Å². The molecule has 0 spiro atoms. The van der Waals surface area contributed by atoms with Crippen molar-refractivity contribution in [3.05, 3.63) is 30.1 Å². The van der Waals surface area contributed by atoms with Gasteiger partial charge in [0.25, 0.3) is 0 Å². The summed E-state index contributed by atoms with van der Waals surface area (Å²) in [5.41, 5.74) is 0.832.